The highest BCUT2D eigenvalue weighted by molar-refractivity contribution is 6.32. The number of hydrogen-bond acceptors (Lipinski definition) is 2. The molecule has 70 valence electrons. The standard InChI is InChI=1S/C11H8ClNO/c12-9-5-4-8(7-11(9)14)10-3-1-2-6-13-10/h1-7,14H. The highest BCUT2D eigenvalue weighted by atomic mass is 35.5. The van der Waals surface area contributed by atoms with Crippen LogP contribution in [0.2, 0.25) is 5.02 Å². The van der Waals surface area contributed by atoms with E-state index >= 15 is 0 Å². The molecule has 0 spiro atoms. The number of aromatic hydroxyl groups is 1. The Labute approximate surface area is 86.8 Å². The first-order chi connectivity index (χ1) is 6.77. The lowest BCUT2D eigenvalue weighted by atomic mass is 10.1. The lowest BCUT2D eigenvalue weighted by molar-refractivity contribution is 0.476. The van der Waals surface area contributed by atoms with Gasteiger partial charge in [0.1, 0.15) is 5.75 Å². The van der Waals surface area contributed by atoms with Crippen LogP contribution in [-0.4, -0.2) is 10.1 Å². The molecule has 0 fully saturated rings. The Morgan fingerprint density at radius 3 is 2.64 bits per heavy atom. The van der Waals surface area contributed by atoms with Crippen LogP contribution in [0.15, 0.2) is 42.6 Å². The number of phenols is 1. The van der Waals surface area contributed by atoms with Crippen molar-refractivity contribution < 1.29 is 5.11 Å². The molecule has 2 rings (SSSR count). The van der Waals surface area contributed by atoms with Crippen LogP contribution in [0.4, 0.5) is 0 Å². The number of halogens is 1. The molecule has 1 aromatic carbocycles. The fourth-order valence-corrected chi connectivity index (χ4v) is 1.32. The molecule has 0 saturated carbocycles. The highest BCUT2D eigenvalue weighted by Crippen LogP contribution is 2.28. The summed E-state index contributed by atoms with van der Waals surface area (Å²) in [5.74, 6) is 0.0785. The van der Waals surface area contributed by atoms with Gasteiger partial charge in [0.2, 0.25) is 0 Å². The minimum absolute atomic E-state index is 0.0785. The lowest BCUT2D eigenvalue weighted by Crippen LogP contribution is -1.81. The molecule has 2 nitrogen and oxygen atoms in total. The fraction of sp³-hybridized carbons (Fsp3) is 0. The van der Waals surface area contributed by atoms with Crippen molar-refractivity contribution in [1.29, 1.82) is 0 Å². The predicted octanol–water partition coefficient (Wildman–Crippen LogP) is 3.11. The Hall–Kier alpha value is -1.54. The quantitative estimate of drug-likeness (QED) is 0.776. The third-order valence-electron chi connectivity index (χ3n) is 1.91. The van der Waals surface area contributed by atoms with Gasteiger partial charge < -0.3 is 5.11 Å². The monoisotopic (exact) mass is 205 g/mol. The minimum atomic E-state index is 0.0785. The Balaban J connectivity index is 2.48. The first-order valence-electron chi connectivity index (χ1n) is 4.17. The van der Waals surface area contributed by atoms with Gasteiger partial charge in [0.05, 0.1) is 10.7 Å². The van der Waals surface area contributed by atoms with E-state index in [2.05, 4.69) is 4.98 Å². The highest BCUT2D eigenvalue weighted by Gasteiger charge is 2.02. The van der Waals surface area contributed by atoms with Crippen molar-refractivity contribution in [2.45, 2.75) is 0 Å². The summed E-state index contributed by atoms with van der Waals surface area (Å²) in [6, 6.07) is 10.7. The van der Waals surface area contributed by atoms with Gasteiger partial charge in [-0.3, -0.25) is 4.98 Å². The molecular weight excluding hydrogens is 198 g/mol. The van der Waals surface area contributed by atoms with E-state index in [4.69, 9.17) is 11.6 Å². The van der Waals surface area contributed by atoms with E-state index in [0.717, 1.165) is 11.3 Å². The molecule has 2 aromatic rings. The number of aromatic nitrogens is 1. The van der Waals surface area contributed by atoms with E-state index in [9.17, 15) is 5.11 Å². The SMILES string of the molecule is Oc1cc(-c2ccccn2)ccc1Cl. The van der Waals surface area contributed by atoms with Crippen LogP contribution in [0.5, 0.6) is 5.75 Å². The Kier molecular flexibility index (Phi) is 2.37. The van der Waals surface area contributed by atoms with E-state index in [0.29, 0.717) is 5.02 Å². The summed E-state index contributed by atoms with van der Waals surface area (Å²) in [6.07, 6.45) is 1.71. The van der Waals surface area contributed by atoms with Gasteiger partial charge in [0, 0.05) is 11.8 Å². The third kappa shape index (κ3) is 1.70. The van der Waals surface area contributed by atoms with Crippen molar-refractivity contribution in [3.8, 4) is 17.0 Å². The molecular formula is C11H8ClNO. The van der Waals surface area contributed by atoms with Crippen LogP contribution in [-0.2, 0) is 0 Å². The average molecular weight is 206 g/mol. The number of phenolic OH excluding ortho intramolecular Hbond substituents is 1. The molecule has 0 amide bonds. The van der Waals surface area contributed by atoms with Crippen molar-refractivity contribution in [3.63, 3.8) is 0 Å². The first kappa shape index (κ1) is 9.03. The second-order valence-corrected chi connectivity index (χ2v) is 3.29. The van der Waals surface area contributed by atoms with Gasteiger partial charge in [0.25, 0.3) is 0 Å². The molecule has 0 aliphatic carbocycles. The van der Waals surface area contributed by atoms with Crippen LogP contribution < -0.4 is 0 Å². The molecule has 0 saturated heterocycles. The van der Waals surface area contributed by atoms with Crippen LogP contribution in [0.3, 0.4) is 0 Å². The zero-order valence-corrected chi connectivity index (χ0v) is 8.07. The molecule has 0 unspecified atom stereocenters. The van der Waals surface area contributed by atoms with E-state index in [-0.39, 0.29) is 5.75 Å². The van der Waals surface area contributed by atoms with E-state index < -0.39 is 0 Å². The normalized spacial score (nSPS) is 10.1. The molecule has 0 radical (unpaired) electrons. The molecule has 14 heavy (non-hydrogen) atoms. The second kappa shape index (κ2) is 3.68. The number of hydrogen-bond donors (Lipinski definition) is 1. The van der Waals surface area contributed by atoms with Crippen molar-refractivity contribution in [2.24, 2.45) is 0 Å². The maximum Gasteiger partial charge on any atom is 0.134 e. The summed E-state index contributed by atoms with van der Waals surface area (Å²) in [4.78, 5) is 4.17. The van der Waals surface area contributed by atoms with Gasteiger partial charge in [-0.1, -0.05) is 23.7 Å². The Bertz CT molecular complexity index is 442. The lowest BCUT2D eigenvalue weighted by Gasteiger charge is -2.01. The topological polar surface area (TPSA) is 33.1 Å². The third-order valence-corrected chi connectivity index (χ3v) is 2.23. The van der Waals surface area contributed by atoms with Crippen molar-refractivity contribution in [1.82, 2.24) is 4.98 Å². The minimum Gasteiger partial charge on any atom is -0.506 e. The summed E-state index contributed by atoms with van der Waals surface area (Å²) in [6.45, 7) is 0. The average Bonchev–Trinajstić information content (AvgIpc) is 2.23. The van der Waals surface area contributed by atoms with Gasteiger partial charge in [-0.05, 0) is 24.3 Å². The molecule has 1 aromatic heterocycles. The zero-order chi connectivity index (χ0) is 9.97. The predicted molar refractivity (Wildman–Crippen MR) is 56.3 cm³/mol. The molecule has 0 aliphatic heterocycles. The van der Waals surface area contributed by atoms with Gasteiger partial charge in [-0.2, -0.15) is 0 Å². The summed E-state index contributed by atoms with van der Waals surface area (Å²) < 4.78 is 0. The van der Waals surface area contributed by atoms with Gasteiger partial charge in [-0.25, -0.2) is 0 Å². The van der Waals surface area contributed by atoms with Crippen molar-refractivity contribution >= 4 is 11.6 Å². The van der Waals surface area contributed by atoms with Crippen molar-refractivity contribution in [3.05, 3.63) is 47.6 Å². The Morgan fingerprint density at radius 1 is 1.14 bits per heavy atom. The first-order valence-corrected chi connectivity index (χ1v) is 4.55. The fourth-order valence-electron chi connectivity index (χ4n) is 1.21. The molecule has 1 heterocycles. The van der Waals surface area contributed by atoms with Gasteiger partial charge >= 0.3 is 0 Å². The van der Waals surface area contributed by atoms with E-state index in [1.54, 1.807) is 18.3 Å². The second-order valence-electron chi connectivity index (χ2n) is 2.88. The van der Waals surface area contributed by atoms with Crippen LogP contribution in [0.25, 0.3) is 11.3 Å². The smallest absolute Gasteiger partial charge is 0.134 e. The molecule has 0 bridgehead atoms. The van der Waals surface area contributed by atoms with Crippen LogP contribution >= 0.6 is 11.6 Å². The number of pyridine rings is 1. The maximum atomic E-state index is 9.40. The largest absolute Gasteiger partial charge is 0.506 e. The molecule has 0 atom stereocenters. The van der Waals surface area contributed by atoms with Crippen LogP contribution in [0, 0.1) is 0 Å². The maximum absolute atomic E-state index is 9.40. The van der Waals surface area contributed by atoms with E-state index in [1.165, 1.54) is 0 Å². The van der Waals surface area contributed by atoms with Gasteiger partial charge in [0.15, 0.2) is 0 Å². The summed E-state index contributed by atoms with van der Waals surface area (Å²) in [5.41, 5.74) is 1.67. The van der Waals surface area contributed by atoms with Gasteiger partial charge in [-0.15, -0.1) is 0 Å². The number of benzene rings is 1. The van der Waals surface area contributed by atoms with Crippen molar-refractivity contribution in [2.75, 3.05) is 0 Å². The Morgan fingerprint density at radius 2 is 2.00 bits per heavy atom. The number of rotatable bonds is 1. The molecule has 3 heteroatoms. The number of nitrogens with zero attached hydrogens (tertiary/aromatic N) is 1. The summed E-state index contributed by atoms with van der Waals surface area (Å²) in [5, 5.41) is 9.75. The molecule has 1 N–H and O–H groups in total. The van der Waals surface area contributed by atoms with E-state index in [1.807, 2.05) is 24.3 Å². The van der Waals surface area contributed by atoms with Crippen LogP contribution in [0.1, 0.15) is 0 Å². The summed E-state index contributed by atoms with van der Waals surface area (Å²) in [7, 11) is 0. The summed E-state index contributed by atoms with van der Waals surface area (Å²) >= 11 is 5.70. The molecule has 0 aliphatic rings. The zero-order valence-electron chi connectivity index (χ0n) is 7.31.